The number of aromatic nitrogens is 2. The molecule has 0 bridgehead atoms. The van der Waals surface area contributed by atoms with Crippen molar-refractivity contribution in [2.75, 3.05) is 0 Å². The molecule has 0 amide bonds. The van der Waals surface area contributed by atoms with E-state index in [0.717, 1.165) is 21.9 Å². The third-order valence-electron chi connectivity index (χ3n) is 3.42. The highest BCUT2D eigenvalue weighted by atomic mass is 28.3. The molecule has 5 nitrogen and oxygen atoms in total. The minimum atomic E-state index is -1.38. The highest BCUT2D eigenvalue weighted by Gasteiger charge is 2.08. The topological polar surface area (TPSA) is 85.9 Å². The number of fused-ring (bicyclic) bond motifs is 3. The first-order valence-electron chi connectivity index (χ1n) is 8.09. The van der Waals surface area contributed by atoms with E-state index in [1.807, 2.05) is 18.2 Å². The number of carboxylic acids is 1. The van der Waals surface area contributed by atoms with Crippen LogP contribution in [0.2, 0.25) is 19.6 Å². The van der Waals surface area contributed by atoms with Crippen LogP contribution in [-0.2, 0) is 4.79 Å². The lowest BCUT2D eigenvalue weighted by Crippen LogP contribution is -2.16. The van der Waals surface area contributed by atoms with Crippen molar-refractivity contribution in [1.82, 2.24) is 9.97 Å². The molecule has 0 aliphatic rings. The van der Waals surface area contributed by atoms with Crippen molar-refractivity contribution in [3.05, 3.63) is 46.4 Å². The Labute approximate surface area is 147 Å². The van der Waals surface area contributed by atoms with Crippen LogP contribution in [0.15, 0.2) is 35.3 Å². The van der Waals surface area contributed by atoms with E-state index in [1.54, 1.807) is 13.1 Å². The number of rotatable bonds is 1. The van der Waals surface area contributed by atoms with Crippen molar-refractivity contribution in [3.63, 3.8) is 0 Å². The molecule has 0 unspecified atom stereocenters. The van der Waals surface area contributed by atoms with E-state index in [0.29, 0.717) is 5.52 Å². The number of H-pyrrole nitrogens is 2. The molecule has 25 heavy (non-hydrogen) atoms. The summed E-state index contributed by atoms with van der Waals surface area (Å²) >= 11 is 0. The van der Waals surface area contributed by atoms with Crippen LogP contribution in [0.5, 0.6) is 0 Å². The Bertz CT molecular complexity index is 1030. The maximum absolute atomic E-state index is 11.9. The van der Waals surface area contributed by atoms with Crippen LogP contribution in [0, 0.1) is 11.5 Å². The van der Waals surface area contributed by atoms with Gasteiger partial charge in [0, 0.05) is 34.5 Å². The van der Waals surface area contributed by atoms with Gasteiger partial charge in [-0.05, 0) is 24.3 Å². The summed E-state index contributed by atoms with van der Waals surface area (Å²) in [6.07, 6.45) is 2.01. The number of nitrogens with one attached hydrogen (secondary N) is 2. The minimum Gasteiger partial charge on any atom is -0.481 e. The lowest BCUT2D eigenvalue weighted by Gasteiger charge is -2.04. The van der Waals surface area contributed by atoms with Crippen molar-refractivity contribution in [3.8, 4) is 11.5 Å². The average Bonchev–Trinajstić information content (AvgIpc) is 3.03. The zero-order valence-corrected chi connectivity index (χ0v) is 15.9. The second-order valence-corrected chi connectivity index (χ2v) is 11.5. The predicted octanol–water partition coefficient (Wildman–Crippen LogP) is 3.72. The summed E-state index contributed by atoms with van der Waals surface area (Å²) in [5.41, 5.74) is 5.74. The van der Waals surface area contributed by atoms with Crippen molar-refractivity contribution in [2.45, 2.75) is 33.0 Å². The second kappa shape index (κ2) is 7.41. The van der Waals surface area contributed by atoms with Gasteiger partial charge in [-0.25, -0.2) is 0 Å². The molecule has 3 rings (SSSR count). The molecule has 2 heterocycles. The van der Waals surface area contributed by atoms with Gasteiger partial charge in [0.15, 0.2) is 0 Å². The Balaban J connectivity index is 0.000000399. The van der Waals surface area contributed by atoms with Gasteiger partial charge in [-0.2, -0.15) is 0 Å². The van der Waals surface area contributed by atoms with E-state index < -0.39 is 14.0 Å². The standard InChI is InChI=1S/C16H16N2OSi.C3H6O2/c1-20(2,3)9-7-11-4-5-14-13(10-11)12-6-8-17-15(12)16(19)18-14;1-2-3(4)5/h4-6,8,10,17H,1-3H3,(H,18,19);2H2,1H3,(H,4,5). The van der Waals surface area contributed by atoms with Crippen molar-refractivity contribution < 1.29 is 9.90 Å². The molecule has 3 aromatic rings. The molecule has 0 aliphatic heterocycles. The Morgan fingerprint density at radius 2 is 1.88 bits per heavy atom. The minimum absolute atomic E-state index is 0.0848. The molecule has 1 aromatic carbocycles. The largest absolute Gasteiger partial charge is 0.481 e. The van der Waals surface area contributed by atoms with Gasteiger partial charge < -0.3 is 15.1 Å². The third kappa shape index (κ3) is 4.84. The van der Waals surface area contributed by atoms with Gasteiger partial charge in [0.1, 0.15) is 13.6 Å². The molecule has 130 valence electrons. The summed E-state index contributed by atoms with van der Waals surface area (Å²) in [7, 11) is -1.38. The van der Waals surface area contributed by atoms with E-state index >= 15 is 0 Å². The number of hydrogen-bond acceptors (Lipinski definition) is 2. The summed E-state index contributed by atoms with van der Waals surface area (Å²) in [5, 5.41) is 9.70. The number of carboxylic acid groups (broad SMARTS) is 1. The first-order chi connectivity index (χ1) is 11.7. The zero-order chi connectivity index (χ0) is 18.6. The van der Waals surface area contributed by atoms with Crippen LogP contribution in [-0.4, -0.2) is 29.1 Å². The Morgan fingerprint density at radius 1 is 1.20 bits per heavy atom. The molecule has 0 saturated carbocycles. The van der Waals surface area contributed by atoms with Crippen LogP contribution in [0.1, 0.15) is 18.9 Å². The van der Waals surface area contributed by atoms with Crippen LogP contribution in [0.4, 0.5) is 0 Å². The molecule has 6 heteroatoms. The van der Waals surface area contributed by atoms with E-state index in [1.165, 1.54) is 0 Å². The molecule has 0 spiro atoms. The summed E-state index contributed by atoms with van der Waals surface area (Å²) in [6, 6.07) is 7.87. The Hall–Kier alpha value is -2.78. The second-order valence-electron chi connectivity index (χ2n) is 6.73. The van der Waals surface area contributed by atoms with Crippen LogP contribution < -0.4 is 5.56 Å². The van der Waals surface area contributed by atoms with Crippen LogP contribution >= 0.6 is 0 Å². The lowest BCUT2D eigenvalue weighted by molar-refractivity contribution is -0.136. The smallest absolute Gasteiger partial charge is 0.303 e. The van der Waals surface area contributed by atoms with Crippen LogP contribution in [0.25, 0.3) is 21.8 Å². The maximum atomic E-state index is 11.9. The van der Waals surface area contributed by atoms with Crippen LogP contribution in [0.3, 0.4) is 0 Å². The highest BCUT2D eigenvalue weighted by Crippen LogP contribution is 2.21. The molecule has 2 aromatic heterocycles. The molecular formula is C19H22N2O3Si. The van der Waals surface area contributed by atoms with Gasteiger partial charge in [0.05, 0.1) is 0 Å². The fourth-order valence-electron chi connectivity index (χ4n) is 2.18. The normalized spacial score (nSPS) is 10.7. The summed E-state index contributed by atoms with van der Waals surface area (Å²) in [4.78, 5) is 27.1. The first kappa shape index (κ1) is 18.6. The lowest BCUT2D eigenvalue weighted by atomic mass is 10.1. The van der Waals surface area contributed by atoms with Crippen molar-refractivity contribution in [1.29, 1.82) is 0 Å². The molecule has 0 aliphatic carbocycles. The number of aliphatic carboxylic acids is 1. The van der Waals surface area contributed by atoms with E-state index in [-0.39, 0.29) is 12.0 Å². The van der Waals surface area contributed by atoms with Gasteiger partial charge in [0.2, 0.25) is 0 Å². The molecular weight excluding hydrogens is 332 g/mol. The van der Waals surface area contributed by atoms with Gasteiger partial charge in [-0.1, -0.05) is 32.5 Å². The average molecular weight is 354 g/mol. The number of carbonyl (C=O) groups is 1. The summed E-state index contributed by atoms with van der Waals surface area (Å²) in [5.74, 6) is 2.51. The van der Waals surface area contributed by atoms with E-state index in [4.69, 9.17) is 5.11 Å². The number of hydrogen-bond donors (Lipinski definition) is 3. The van der Waals surface area contributed by atoms with Gasteiger partial charge in [-0.3, -0.25) is 9.59 Å². The number of aromatic amines is 2. The van der Waals surface area contributed by atoms with Crippen molar-refractivity contribution in [2.24, 2.45) is 0 Å². The Morgan fingerprint density at radius 3 is 2.48 bits per heavy atom. The number of pyridine rings is 1. The number of benzene rings is 1. The maximum Gasteiger partial charge on any atom is 0.303 e. The van der Waals surface area contributed by atoms with Gasteiger partial charge in [-0.15, -0.1) is 5.54 Å². The first-order valence-corrected chi connectivity index (χ1v) is 11.6. The molecule has 0 atom stereocenters. The van der Waals surface area contributed by atoms with Crippen molar-refractivity contribution >= 4 is 35.8 Å². The monoisotopic (exact) mass is 354 g/mol. The van der Waals surface area contributed by atoms with E-state index in [9.17, 15) is 9.59 Å². The van der Waals surface area contributed by atoms with Gasteiger partial charge in [0.25, 0.3) is 5.56 Å². The fourth-order valence-corrected chi connectivity index (χ4v) is 2.70. The molecule has 3 N–H and O–H groups in total. The SMILES string of the molecule is CCC(=O)O.C[Si](C)(C)C#Cc1ccc2[nH]c(=O)c3[nH]ccc3c2c1. The summed E-state index contributed by atoms with van der Waals surface area (Å²) in [6.45, 7) is 8.27. The predicted molar refractivity (Wildman–Crippen MR) is 105 cm³/mol. The zero-order valence-electron chi connectivity index (χ0n) is 14.9. The van der Waals surface area contributed by atoms with E-state index in [2.05, 4.69) is 47.1 Å². The molecule has 0 radical (unpaired) electrons. The highest BCUT2D eigenvalue weighted by molar-refractivity contribution is 6.83. The van der Waals surface area contributed by atoms with Gasteiger partial charge >= 0.3 is 5.97 Å². The quantitative estimate of drug-likeness (QED) is 0.460. The Kier molecular flexibility index (Phi) is 5.50. The third-order valence-corrected chi connectivity index (χ3v) is 4.29. The fraction of sp³-hybridized carbons (Fsp3) is 0.263. The molecule has 0 fully saturated rings. The molecule has 0 saturated heterocycles. The summed E-state index contributed by atoms with van der Waals surface area (Å²) < 4.78 is 0.